The maximum Gasteiger partial charge on any atom is 0.243 e. The summed E-state index contributed by atoms with van der Waals surface area (Å²) in [7, 11) is -0.0881. The van der Waals surface area contributed by atoms with Crippen molar-refractivity contribution in [3.8, 4) is 0 Å². The molecule has 0 saturated carbocycles. The lowest BCUT2D eigenvalue weighted by molar-refractivity contribution is 0.410. The fourth-order valence-corrected chi connectivity index (χ4v) is 3.58. The molecule has 0 aliphatic heterocycles. The largest absolute Gasteiger partial charge is 0.356 e. The fourth-order valence-electron chi connectivity index (χ4n) is 2.21. The Morgan fingerprint density at radius 1 is 1.16 bits per heavy atom. The number of benzene rings is 1. The Bertz CT molecular complexity index is 640. The summed E-state index contributed by atoms with van der Waals surface area (Å²) in [6.07, 6.45) is 3.51. The first kappa shape index (κ1) is 21.4. The quantitative estimate of drug-likeness (QED) is 0.399. The lowest BCUT2D eigenvalue weighted by Gasteiger charge is -2.21. The van der Waals surface area contributed by atoms with Gasteiger partial charge in [0, 0.05) is 33.2 Å². The van der Waals surface area contributed by atoms with Gasteiger partial charge in [-0.1, -0.05) is 31.9 Å². The molecule has 0 bridgehead atoms. The summed E-state index contributed by atoms with van der Waals surface area (Å²) in [6, 6.07) is 6.90. The Hall–Kier alpha value is -1.60. The van der Waals surface area contributed by atoms with Crippen LogP contribution in [0.5, 0.6) is 0 Å². The smallest absolute Gasteiger partial charge is 0.243 e. The second-order valence-electron chi connectivity index (χ2n) is 6.32. The molecule has 142 valence electrons. The zero-order valence-corrected chi connectivity index (χ0v) is 16.9. The van der Waals surface area contributed by atoms with Crippen molar-refractivity contribution in [1.29, 1.82) is 0 Å². The van der Waals surface area contributed by atoms with Gasteiger partial charge in [0.1, 0.15) is 0 Å². The zero-order chi connectivity index (χ0) is 18.9. The number of hydrogen-bond acceptors (Lipinski definition) is 3. The van der Waals surface area contributed by atoms with E-state index in [1.807, 2.05) is 26.0 Å². The van der Waals surface area contributed by atoms with Gasteiger partial charge in [0.2, 0.25) is 10.0 Å². The molecule has 0 spiro atoms. The molecule has 1 aromatic carbocycles. The molecule has 7 heteroatoms. The van der Waals surface area contributed by atoms with Gasteiger partial charge in [-0.3, -0.25) is 4.99 Å². The second-order valence-corrected chi connectivity index (χ2v) is 8.32. The second kappa shape index (κ2) is 10.4. The SMILES string of the molecule is CCCCCNC(=NC)NCc1ccc(S(=O)(=O)N(C)C(C)C)cc1. The highest BCUT2D eigenvalue weighted by molar-refractivity contribution is 7.89. The number of nitrogens with one attached hydrogen (secondary N) is 2. The van der Waals surface area contributed by atoms with Crippen molar-refractivity contribution >= 4 is 16.0 Å². The topological polar surface area (TPSA) is 73.8 Å². The molecule has 0 amide bonds. The van der Waals surface area contributed by atoms with E-state index < -0.39 is 10.0 Å². The maximum absolute atomic E-state index is 12.4. The summed E-state index contributed by atoms with van der Waals surface area (Å²) in [4.78, 5) is 4.51. The predicted octanol–water partition coefficient (Wildman–Crippen LogP) is 2.57. The molecule has 1 rings (SSSR count). The lowest BCUT2D eigenvalue weighted by Crippen LogP contribution is -2.37. The number of unbranched alkanes of at least 4 members (excludes halogenated alkanes) is 2. The molecule has 0 aromatic heterocycles. The van der Waals surface area contributed by atoms with Gasteiger partial charge < -0.3 is 10.6 Å². The third kappa shape index (κ3) is 6.66. The minimum absolute atomic E-state index is 0.0755. The first-order valence-electron chi connectivity index (χ1n) is 8.84. The zero-order valence-electron chi connectivity index (χ0n) is 16.0. The molecule has 0 aliphatic rings. The van der Waals surface area contributed by atoms with Gasteiger partial charge in [-0.2, -0.15) is 4.31 Å². The summed E-state index contributed by atoms with van der Waals surface area (Å²) >= 11 is 0. The minimum atomic E-state index is -3.43. The number of guanidine groups is 1. The van der Waals surface area contributed by atoms with Crippen molar-refractivity contribution in [1.82, 2.24) is 14.9 Å². The molecule has 25 heavy (non-hydrogen) atoms. The summed E-state index contributed by atoms with van der Waals surface area (Å²) in [5.41, 5.74) is 1.00. The highest BCUT2D eigenvalue weighted by Gasteiger charge is 2.22. The number of sulfonamides is 1. The molecule has 0 radical (unpaired) electrons. The van der Waals surface area contributed by atoms with Crippen molar-refractivity contribution in [3.63, 3.8) is 0 Å². The third-order valence-electron chi connectivity index (χ3n) is 4.08. The highest BCUT2D eigenvalue weighted by atomic mass is 32.2. The Labute approximate surface area is 152 Å². The third-order valence-corrected chi connectivity index (χ3v) is 6.13. The van der Waals surface area contributed by atoms with Crippen LogP contribution in [-0.2, 0) is 16.6 Å². The van der Waals surface area contributed by atoms with Crippen LogP contribution in [-0.4, -0.2) is 45.4 Å². The van der Waals surface area contributed by atoms with Gasteiger partial charge in [-0.15, -0.1) is 0 Å². The standard InChI is InChI=1S/C18H32N4O2S/c1-6-7-8-13-20-18(19-4)21-14-16-9-11-17(12-10-16)25(23,24)22(5)15(2)3/h9-12,15H,6-8,13-14H2,1-5H3,(H2,19,20,21). The van der Waals surface area contributed by atoms with E-state index in [1.54, 1.807) is 26.2 Å². The van der Waals surface area contributed by atoms with E-state index in [1.165, 1.54) is 17.1 Å². The van der Waals surface area contributed by atoms with Gasteiger partial charge in [0.25, 0.3) is 0 Å². The van der Waals surface area contributed by atoms with Crippen LogP contribution in [0.3, 0.4) is 0 Å². The average Bonchev–Trinajstić information content (AvgIpc) is 2.60. The molecular formula is C18H32N4O2S. The van der Waals surface area contributed by atoms with Crippen LogP contribution in [0.1, 0.15) is 45.6 Å². The van der Waals surface area contributed by atoms with Crippen molar-refractivity contribution in [2.24, 2.45) is 4.99 Å². The van der Waals surface area contributed by atoms with Gasteiger partial charge in [-0.25, -0.2) is 8.42 Å². The summed E-state index contributed by atoms with van der Waals surface area (Å²) in [5, 5.41) is 6.51. The van der Waals surface area contributed by atoms with Gasteiger partial charge in [0.05, 0.1) is 4.90 Å². The predicted molar refractivity (Wildman–Crippen MR) is 104 cm³/mol. The van der Waals surface area contributed by atoms with Crippen LogP contribution >= 0.6 is 0 Å². The van der Waals surface area contributed by atoms with Crippen LogP contribution < -0.4 is 10.6 Å². The van der Waals surface area contributed by atoms with Crippen molar-refractivity contribution in [2.75, 3.05) is 20.6 Å². The average molecular weight is 369 g/mol. The Morgan fingerprint density at radius 2 is 1.80 bits per heavy atom. The van der Waals surface area contributed by atoms with Crippen molar-refractivity contribution in [3.05, 3.63) is 29.8 Å². The molecule has 1 aromatic rings. The Morgan fingerprint density at radius 3 is 2.32 bits per heavy atom. The van der Waals surface area contributed by atoms with Crippen LogP contribution in [0.4, 0.5) is 0 Å². The van der Waals surface area contributed by atoms with Crippen LogP contribution in [0.2, 0.25) is 0 Å². The number of hydrogen-bond donors (Lipinski definition) is 2. The molecule has 2 N–H and O–H groups in total. The molecule has 6 nitrogen and oxygen atoms in total. The van der Waals surface area contributed by atoms with E-state index in [0.29, 0.717) is 11.4 Å². The lowest BCUT2D eigenvalue weighted by atomic mass is 10.2. The number of rotatable bonds is 9. The van der Waals surface area contributed by atoms with E-state index in [4.69, 9.17) is 0 Å². The minimum Gasteiger partial charge on any atom is -0.356 e. The summed E-state index contributed by atoms with van der Waals surface area (Å²) in [5.74, 6) is 0.757. The summed E-state index contributed by atoms with van der Waals surface area (Å²) < 4.78 is 26.3. The Balaban J connectivity index is 2.62. The van der Waals surface area contributed by atoms with Crippen LogP contribution in [0.25, 0.3) is 0 Å². The monoisotopic (exact) mass is 368 g/mol. The van der Waals surface area contributed by atoms with Crippen molar-refractivity contribution < 1.29 is 8.42 Å². The maximum atomic E-state index is 12.4. The first-order chi connectivity index (χ1) is 11.8. The van der Waals surface area contributed by atoms with E-state index in [9.17, 15) is 8.42 Å². The molecule has 0 unspecified atom stereocenters. The van der Waals surface area contributed by atoms with Gasteiger partial charge >= 0.3 is 0 Å². The van der Waals surface area contributed by atoms with E-state index in [0.717, 1.165) is 24.5 Å². The summed E-state index contributed by atoms with van der Waals surface area (Å²) in [6.45, 7) is 7.37. The molecule has 0 fully saturated rings. The first-order valence-corrected chi connectivity index (χ1v) is 10.3. The Kier molecular flexibility index (Phi) is 8.92. The number of nitrogens with zero attached hydrogens (tertiary/aromatic N) is 2. The van der Waals surface area contributed by atoms with Crippen LogP contribution in [0, 0.1) is 0 Å². The normalized spacial score (nSPS) is 12.7. The van der Waals surface area contributed by atoms with Gasteiger partial charge in [-0.05, 0) is 38.0 Å². The molecule has 0 atom stereocenters. The molecule has 0 aliphatic carbocycles. The van der Waals surface area contributed by atoms with Gasteiger partial charge in [0.15, 0.2) is 5.96 Å². The number of aliphatic imine (C=N–C) groups is 1. The molecule has 0 saturated heterocycles. The van der Waals surface area contributed by atoms with E-state index in [-0.39, 0.29) is 6.04 Å². The fraction of sp³-hybridized carbons (Fsp3) is 0.611. The molecular weight excluding hydrogens is 336 g/mol. The highest BCUT2D eigenvalue weighted by Crippen LogP contribution is 2.17. The van der Waals surface area contributed by atoms with Crippen LogP contribution in [0.15, 0.2) is 34.2 Å². The molecule has 0 heterocycles. The van der Waals surface area contributed by atoms with E-state index >= 15 is 0 Å². The van der Waals surface area contributed by atoms with E-state index in [2.05, 4.69) is 22.5 Å². The van der Waals surface area contributed by atoms with Crippen molar-refractivity contribution in [2.45, 2.75) is 57.5 Å².